The first-order valence-electron chi connectivity index (χ1n) is 17.5. The summed E-state index contributed by atoms with van der Waals surface area (Å²) < 4.78 is 3.59. The Morgan fingerprint density at radius 3 is 1.73 bits per heavy atom. The third kappa shape index (κ3) is 4.53. The van der Waals surface area contributed by atoms with Gasteiger partial charge in [-0.2, -0.15) is 0 Å². The molecule has 9 aromatic rings. The van der Waals surface area contributed by atoms with E-state index in [2.05, 4.69) is 215 Å². The van der Waals surface area contributed by atoms with Crippen LogP contribution in [0.2, 0.25) is 0 Å². The Hall–Kier alpha value is -5.96. The topological polar surface area (TPSA) is 4.93 Å². The van der Waals surface area contributed by atoms with Crippen molar-refractivity contribution in [2.45, 2.75) is 5.41 Å². The molecule has 0 amide bonds. The molecule has 0 spiro atoms. The fourth-order valence-corrected chi connectivity index (χ4v) is 8.85. The lowest BCUT2D eigenvalue weighted by molar-refractivity contribution is 0.768. The minimum Gasteiger partial charge on any atom is -0.309 e. The van der Waals surface area contributed by atoms with E-state index in [0.29, 0.717) is 0 Å². The van der Waals surface area contributed by atoms with Gasteiger partial charge in [0.1, 0.15) is 0 Å². The van der Waals surface area contributed by atoms with Crippen LogP contribution in [0.25, 0.3) is 60.9 Å². The van der Waals surface area contributed by atoms with E-state index in [1.54, 1.807) is 0 Å². The lowest BCUT2D eigenvalue weighted by Gasteiger charge is -2.34. The van der Waals surface area contributed by atoms with Crippen LogP contribution in [0.3, 0.4) is 0 Å². The Kier molecular flexibility index (Phi) is 6.94. The molecule has 0 fully saturated rings. The first kappa shape index (κ1) is 29.9. The molecule has 0 aliphatic heterocycles. The van der Waals surface area contributed by atoms with Crippen molar-refractivity contribution in [3.63, 3.8) is 0 Å². The predicted molar refractivity (Wildman–Crippen MR) is 217 cm³/mol. The second-order valence-corrected chi connectivity index (χ2v) is 14.3. The highest BCUT2D eigenvalue weighted by atomic mass is 79.9. The monoisotopic (exact) mass is 713 g/mol. The lowest BCUT2D eigenvalue weighted by Crippen LogP contribution is -2.28. The molecule has 10 rings (SSSR count). The number of nitrogens with zero attached hydrogens (tertiary/aromatic N) is 1. The average Bonchev–Trinajstić information content (AvgIpc) is 3.69. The molecule has 0 N–H and O–H groups in total. The Morgan fingerprint density at radius 1 is 0.392 bits per heavy atom. The predicted octanol–water partition coefficient (Wildman–Crippen LogP) is 13.2. The zero-order chi connectivity index (χ0) is 33.9. The maximum atomic E-state index is 3.59. The molecule has 8 aromatic carbocycles. The number of hydrogen-bond donors (Lipinski definition) is 0. The molecule has 240 valence electrons. The first-order valence-corrected chi connectivity index (χ1v) is 18.3. The third-order valence-electron chi connectivity index (χ3n) is 10.7. The van der Waals surface area contributed by atoms with Crippen LogP contribution in [0, 0.1) is 0 Å². The van der Waals surface area contributed by atoms with E-state index >= 15 is 0 Å². The van der Waals surface area contributed by atoms with Gasteiger partial charge in [0.25, 0.3) is 0 Å². The van der Waals surface area contributed by atoms with E-state index in [9.17, 15) is 0 Å². The molecule has 0 bridgehead atoms. The number of fused-ring (bicyclic) bond motifs is 6. The summed E-state index contributed by atoms with van der Waals surface area (Å²) in [7, 11) is 0. The summed E-state index contributed by atoms with van der Waals surface area (Å²) in [6.45, 7) is 0. The highest BCUT2D eigenvalue weighted by molar-refractivity contribution is 9.10. The molecule has 51 heavy (non-hydrogen) atoms. The number of aromatic nitrogens is 1. The van der Waals surface area contributed by atoms with Crippen molar-refractivity contribution >= 4 is 37.7 Å². The molecule has 1 aliphatic carbocycles. The van der Waals surface area contributed by atoms with Gasteiger partial charge in [-0.1, -0.05) is 174 Å². The van der Waals surface area contributed by atoms with Crippen molar-refractivity contribution in [1.29, 1.82) is 0 Å². The fraction of sp³-hybridized carbons (Fsp3) is 0.0204. The van der Waals surface area contributed by atoms with Crippen molar-refractivity contribution in [3.05, 3.63) is 221 Å². The van der Waals surface area contributed by atoms with Crippen molar-refractivity contribution in [3.8, 4) is 39.1 Å². The van der Waals surface area contributed by atoms with Crippen molar-refractivity contribution < 1.29 is 0 Å². The van der Waals surface area contributed by atoms with Crippen LogP contribution in [-0.4, -0.2) is 4.57 Å². The number of para-hydroxylation sites is 1. The van der Waals surface area contributed by atoms with Crippen molar-refractivity contribution in [1.82, 2.24) is 4.57 Å². The number of halogens is 1. The van der Waals surface area contributed by atoms with Gasteiger partial charge in [-0.15, -0.1) is 0 Å². The van der Waals surface area contributed by atoms with E-state index in [1.807, 2.05) is 0 Å². The van der Waals surface area contributed by atoms with Crippen LogP contribution in [0.15, 0.2) is 199 Å². The summed E-state index contributed by atoms with van der Waals surface area (Å²) in [4.78, 5) is 0. The van der Waals surface area contributed by atoms with Gasteiger partial charge in [0.05, 0.1) is 22.1 Å². The second kappa shape index (κ2) is 11.8. The van der Waals surface area contributed by atoms with Gasteiger partial charge in [0, 0.05) is 20.8 Å². The summed E-state index contributed by atoms with van der Waals surface area (Å²) in [6, 6.07) is 71.3. The quantitative estimate of drug-likeness (QED) is 0.167. The third-order valence-corrected chi connectivity index (χ3v) is 11.3. The van der Waals surface area contributed by atoms with Crippen LogP contribution < -0.4 is 0 Å². The van der Waals surface area contributed by atoms with Gasteiger partial charge in [-0.3, -0.25) is 0 Å². The first-order chi connectivity index (χ1) is 25.2. The van der Waals surface area contributed by atoms with Crippen LogP contribution in [0.5, 0.6) is 0 Å². The molecule has 1 nitrogen and oxygen atoms in total. The van der Waals surface area contributed by atoms with E-state index in [0.717, 1.165) is 4.47 Å². The van der Waals surface area contributed by atoms with Gasteiger partial charge in [0.2, 0.25) is 0 Å². The lowest BCUT2D eigenvalue weighted by atomic mass is 9.68. The highest BCUT2D eigenvalue weighted by Crippen LogP contribution is 2.58. The molecular weight excluding hydrogens is 682 g/mol. The molecule has 1 aliphatic rings. The summed E-state index contributed by atoms with van der Waals surface area (Å²) >= 11 is 3.59. The van der Waals surface area contributed by atoms with E-state index in [4.69, 9.17) is 0 Å². The molecule has 0 atom stereocenters. The van der Waals surface area contributed by atoms with E-state index in [-0.39, 0.29) is 0 Å². The van der Waals surface area contributed by atoms with Crippen LogP contribution in [-0.2, 0) is 5.41 Å². The van der Waals surface area contributed by atoms with E-state index < -0.39 is 5.41 Å². The zero-order valence-electron chi connectivity index (χ0n) is 27.8. The Balaban J connectivity index is 1.26. The molecular formula is C49H32BrN. The second-order valence-electron chi connectivity index (χ2n) is 13.4. The van der Waals surface area contributed by atoms with Crippen LogP contribution in [0.1, 0.15) is 22.3 Å². The molecule has 0 unspecified atom stereocenters. The Labute approximate surface area is 306 Å². The van der Waals surface area contributed by atoms with Gasteiger partial charge < -0.3 is 4.57 Å². The van der Waals surface area contributed by atoms with Crippen LogP contribution in [0.4, 0.5) is 0 Å². The summed E-state index contributed by atoms with van der Waals surface area (Å²) in [5, 5.41) is 2.50. The number of hydrogen-bond acceptors (Lipinski definition) is 0. The summed E-state index contributed by atoms with van der Waals surface area (Å²) in [5.74, 6) is 0. The molecule has 0 radical (unpaired) electrons. The molecule has 1 aromatic heterocycles. The summed E-state index contributed by atoms with van der Waals surface area (Å²) in [6.07, 6.45) is 0. The molecule has 0 saturated carbocycles. The maximum Gasteiger partial charge on any atom is 0.0714 e. The number of benzene rings is 8. The van der Waals surface area contributed by atoms with Crippen molar-refractivity contribution in [2.24, 2.45) is 0 Å². The average molecular weight is 715 g/mol. The maximum absolute atomic E-state index is 3.59. The van der Waals surface area contributed by atoms with Gasteiger partial charge in [-0.25, -0.2) is 0 Å². The highest BCUT2D eigenvalue weighted by Gasteiger charge is 2.47. The summed E-state index contributed by atoms with van der Waals surface area (Å²) in [5.41, 5.74) is 15.7. The smallest absolute Gasteiger partial charge is 0.0714 e. The minimum atomic E-state index is -0.457. The SMILES string of the molecule is Brc1ccc(-c2cccc(-c3ccc4c5ccccc5n(-c5cccc6c5-c5ccccc5C6(c5ccccc5)c5ccccc5)c4c3)c2)cc1. The largest absolute Gasteiger partial charge is 0.309 e. The zero-order valence-corrected chi connectivity index (χ0v) is 29.4. The standard InChI is InChI=1S/C49H32BrN/c50-39-28-25-33(26-29-39)34-13-11-14-35(31-34)36-27-30-41-40-19-8-10-23-45(40)51(47(41)32-36)46-24-12-22-44-48(46)42-20-7-9-21-43(42)49(44,37-15-3-1-4-16-37)38-17-5-2-6-18-38/h1-32H. The van der Waals surface area contributed by atoms with E-state index in [1.165, 1.54) is 83.1 Å². The Morgan fingerprint density at radius 2 is 0.961 bits per heavy atom. The normalized spacial score (nSPS) is 13.0. The van der Waals surface area contributed by atoms with Crippen LogP contribution >= 0.6 is 15.9 Å². The molecule has 2 heteroatoms. The fourth-order valence-electron chi connectivity index (χ4n) is 8.59. The van der Waals surface area contributed by atoms with Gasteiger partial charge >= 0.3 is 0 Å². The Bertz CT molecular complexity index is 2700. The van der Waals surface area contributed by atoms with Gasteiger partial charge in [0.15, 0.2) is 0 Å². The van der Waals surface area contributed by atoms with Crippen molar-refractivity contribution in [2.75, 3.05) is 0 Å². The number of rotatable bonds is 5. The van der Waals surface area contributed by atoms with Gasteiger partial charge in [-0.05, 0) is 86.5 Å². The minimum absolute atomic E-state index is 0.457. The molecule has 0 saturated heterocycles. The molecule has 1 heterocycles.